The fourth-order valence-corrected chi connectivity index (χ4v) is 3.89. The van der Waals surface area contributed by atoms with Gasteiger partial charge < -0.3 is 15.1 Å². The van der Waals surface area contributed by atoms with E-state index in [1.165, 1.54) is 0 Å². The number of nitrogens with zero attached hydrogens (tertiary/aromatic N) is 2. The van der Waals surface area contributed by atoms with Crippen molar-refractivity contribution in [3.05, 3.63) is 72.0 Å². The number of amidine groups is 2. The molecule has 29 heavy (non-hydrogen) atoms. The largest absolute Gasteiger partial charge is 0.464 e. The molecule has 0 unspecified atom stereocenters. The van der Waals surface area contributed by atoms with Crippen LogP contribution >= 0.6 is 0 Å². The number of hydrogen-bond donors (Lipinski definition) is 2. The molecule has 0 aliphatic carbocycles. The fraction of sp³-hybridized carbons (Fsp3) is 0.250. The molecule has 3 heterocycles. The van der Waals surface area contributed by atoms with Crippen LogP contribution in [0, 0.1) is 0 Å². The molecule has 5 heteroatoms. The minimum Gasteiger partial charge on any atom is -0.464 e. The summed E-state index contributed by atoms with van der Waals surface area (Å²) >= 11 is 0. The first-order chi connectivity index (χ1) is 14.4. The Bertz CT molecular complexity index is 996. The molecule has 0 radical (unpaired) electrons. The van der Waals surface area contributed by atoms with Gasteiger partial charge in [0.05, 0.1) is 6.26 Å². The standard InChI is InChI=1S/C24H24N4O/c1-3-9-20(23-25-11-5-12-26-23)18(7-1)17-15-22(29-16-17)19-8-2-4-10-21(19)24-27-13-6-14-28-24/h1-4,7-10,15-16H,5-6,11-14H2,(H,25,26)(H,27,28). The van der Waals surface area contributed by atoms with Gasteiger partial charge >= 0.3 is 0 Å². The van der Waals surface area contributed by atoms with Crippen molar-refractivity contribution in [3.63, 3.8) is 0 Å². The zero-order chi connectivity index (χ0) is 19.5. The van der Waals surface area contributed by atoms with E-state index in [2.05, 4.69) is 63.1 Å². The first kappa shape index (κ1) is 17.7. The molecule has 0 amide bonds. The Morgan fingerprint density at radius 3 is 1.83 bits per heavy atom. The summed E-state index contributed by atoms with van der Waals surface area (Å²) in [5.74, 6) is 2.76. The number of benzene rings is 2. The van der Waals surface area contributed by atoms with Crippen LogP contribution in [0.25, 0.3) is 22.5 Å². The number of rotatable bonds is 4. The van der Waals surface area contributed by atoms with Gasteiger partial charge in [-0.1, -0.05) is 48.5 Å². The highest BCUT2D eigenvalue weighted by atomic mass is 16.3. The van der Waals surface area contributed by atoms with Crippen LogP contribution in [0.5, 0.6) is 0 Å². The normalized spacial score (nSPS) is 16.4. The van der Waals surface area contributed by atoms with E-state index in [4.69, 9.17) is 4.42 Å². The Hall–Kier alpha value is -3.34. The molecule has 0 bridgehead atoms. The third-order valence-corrected chi connectivity index (χ3v) is 5.33. The van der Waals surface area contributed by atoms with E-state index < -0.39 is 0 Å². The minimum atomic E-state index is 0.846. The van der Waals surface area contributed by atoms with E-state index >= 15 is 0 Å². The number of hydrogen-bond acceptors (Lipinski definition) is 5. The number of furan rings is 1. The second kappa shape index (κ2) is 7.95. The molecule has 0 saturated carbocycles. The zero-order valence-corrected chi connectivity index (χ0v) is 16.3. The minimum absolute atomic E-state index is 0.846. The van der Waals surface area contributed by atoms with Gasteiger partial charge in [-0.15, -0.1) is 0 Å². The first-order valence-electron chi connectivity index (χ1n) is 10.2. The summed E-state index contributed by atoms with van der Waals surface area (Å²) in [6, 6.07) is 18.8. The Morgan fingerprint density at radius 2 is 1.24 bits per heavy atom. The van der Waals surface area contributed by atoms with Gasteiger partial charge in [0.25, 0.3) is 0 Å². The molecule has 146 valence electrons. The van der Waals surface area contributed by atoms with E-state index in [9.17, 15) is 0 Å². The van der Waals surface area contributed by atoms with E-state index in [1.54, 1.807) is 0 Å². The molecule has 2 N–H and O–H groups in total. The number of aliphatic imine (C=N–C) groups is 2. The molecule has 0 atom stereocenters. The molecule has 2 aliphatic rings. The smallest absolute Gasteiger partial charge is 0.135 e. The Labute approximate surface area is 170 Å². The highest BCUT2D eigenvalue weighted by molar-refractivity contribution is 6.06. The lowest BCUT2D eigenvalue weighted by Crippen LogP contribution is -2.30. The van der Waals surface area contributed by atoms with Crippen molar-refractivity contribution in [2.24, 2.45) is 9.98 Å². The maximum Gasteiger partial charge on any atom is 0.135 e. The van der Waals surface area contributed by atoms with Gasteiger partial charge in [0.15, 0.2) is 0 Å². The fourth-order valence-electron chi connectivity index (χ4n) is 3.89. The molecule has 3 aromatic rings. The van der Waals surface area contributed by atoms with Gasteiger partial charge in [0.1, 0.15) is 17.4 Å². The lowest BCUT2D eigenvalue weighted by atomic mass is 9.98. The zero-order valence-electron chi connectivity index (χ0n) is 16.3. The summed E-state index contributed by atoms with van der Waals surface area (Å²) in [4.78, 5) is 9.34. The van der Waals surface area contributed by atoms with Crippen molar-refractivity contribution in [2.75, 3.05) is 26.2 Å². The van der Waals surface area contributed by atoms with Crippen LogP contribution in [-0.2, 0) is 0 Å². The van der Waals surface area contributed by atoms with Crippen LogP contribution in [0.1, 0.15) is 24.0 Å². The quantitative estimate of drug-likeness (QED) is 0.712. The van der Waals surface area contributed by atoms with E-state index in [1.807, 2.05) is 18.4 Å². The van der Waals surface area contributed by atoms with Gasteiger partial charge in [-0.05, 0) is 24.5 Å². The van der Waals surface area contributed by atoms with E-state index in [0.29, 0.717) is 0 Å². The monoisotopic (exact) mass is 384 g/mol. The second-order valence-corrected chi connectivity index (χ2v) is 7.31. The number of nitrogens with one attached hydrogen (secondary N) is 2. The van der Waals surface area contributed by atoms with Crippen LogP contribution in [-0.4, -0.2) is 37.9 Å². The van der Waals surface area contributed by atoms with Gasteiger partial charge in [-0.3, -0.25) is 9.98 Å². The summed E-state index contributed by atoms with van der Waals surface area (Å²) in [6.45, 7) is 3.66. The van der Waals surface area contributed by atoms with Crippen LogP contribution in [0.15, 0.2) is 75.3 Å². The molecule has 2 aromatic carbocycles. The van der Waals surface area contributed by atoms with Gasteiger partial charge in [0, 0.05) is 48.4 Å². The lowest BCUT2D eigenvalue weighted by Gasteiger charge is -2.17. The molecular formula is C24H24N4O. The SMILES string of the molecule is c1ccc(-c2coc(-c3ccccc3C3=NCCCN3)c2)c(C2=NCCCN2)c1. The molecule has 0 fully saturated rings. The average molecular weight is 384 g/mol. The highest BCUT2D eigenvalue weighted by Gasteiger charge is 2.18. The van der Waals surface area contributed by atoms with Crippen molar-refractivity contribution in [2.45, 2.75) is 12.8 Å². The maximum absolute atomic E-state index is 6.04. The molecule has 2 aliphatic heterocycles. The summed E-state index contributed by atoms with van der Waals surface area (Å²) in [5.41, 5.74) is 5.43. The summed E-state index contributed by atoms with van der Waals surface area (Å²) in [6.07, 6.45) is 3.99. The topological polar surface area (TPSA) is 61.9 Å². The Balaban J connectivity index is 1.54. The maximum atomic E-state index is 6.04. The predicted molar refractivity (Wildman–Crippen MR) is 118 cm³/mol. The van der Waals surface area contributed by atoms with Crippen LogP contribution in [0.4, 0.5) is 0 Å². The van der Waals surface area contributed by atoms with Crippen molar-refractivity contribution >= 4 is 11.7 Å². The molecule has 0 spiro atoms. The van der Waals surface area contributed by atoms with Crippen LogP contribution in [0.3, 0.4) is 0 Å². The summed E-state index contributed by atoms with van der Waals surface area (Å²) in [5, 5.41) is 6.85. The Kier molecular flexibility index (Phi) is 4.87. The molecule has 5 rings (SSSR count). The van der Waals surface area contributed by atoms with Crippen molar-refractivity contribution in [1.82, 2.24) is 10.6 Å². The molecule has 0 saturated heterocycles. The van der Waals surface area contributed by atoms with E-state index in [0.717, 1.165) is 84.3 Å². The first-order valence-corrected chi connectivity index (χ1v) is 10.2. The summed E-state index contributed by atoms with van der Waals surface area (Å²) in [7, 11) is 0. The van der Waals surface area contributed by atoms with Crippen LogP contribution in [0.2, 0.25) is 0 Å². The van der Waals surface area contributed by atoms with E-state index in [-0.39, 0.29) is 0 Å². The van der Waals surface area contributed by atoms with Crippen molar-refractivity contribution in [1.29, 1.82) is 0 Å². The van der Waals surface area contributed by atoms with Crippen molar-refractivity contribution < 1.29 is 4.42 Å². The third kappa shape index (κ3) is 3.56. The average Bonchev–Trinajstić information content (AvgIpc) is 3.30. The van der Waals surface area contributed by atoms with Crippen molar-refractivity contribution in [3.8, 4) is 22.5 Å². The van der Waals surface area contributed by atoms with Gasteiger partial charge in [-0.25, -0.2) is 0 Å². The van der Waals surface area contributed by atoms with Gasteiger partial charge in [0.2, 0.25) is 0 Å². The predicted octanol–water partition coefficient (Wildman–Crippen LogP) is 4.09. The molecule has 1 aromatic heterocycles. The highest BCUT2D eigenvalue weighted by Crippen LogP contribution is 2.32. The Morgan fingerprint density at radius 1 is 0.690 bits per heavy atom. The van der Waals surface area contributed by atoms with Gasteiger partial charge in [-0.2, -0.15) is 0 Å². The second-order valence-electron chi connectivity index (χ2n) is 7.31. The van der Waals surface area contributed by atoms with Crippen LogP contribution < -0.4 is 10.6 Å². The lowest BCUT2D eigenvalue weighted by molar-refractivity contribution is 0.583. The molecule has 5 nitrogen and oxygen atoms in total. The molecular weight excluding hydrogens is 360 g/mol. The summed E-state index contributed by atoms with van der Waals surface area (Å²) < 4.78 is 6.04. The third-order valence-electron chi connectivity index (χ3n) is 5.33.